The van der Waals surface area contributed by atoms with Crippen LogP contribution in [0.4, 0.5) is 0 Å². The maximum atomic E-state index is 2.62. The van der Waals surface area contributed by atoms with Gasteiger partial charge in [-0.2, -0.15) is 0 Å². The fourth-order valence-electron chi connectivity index (χ4n) is 5.17. The van der Waals surface area contributed by atoms with Crippen LogP contribution in [0.3, 0.4) is 0 Å². The number of nitrogens with zero attached hydrogens (tertiary/aromatic N) is 3. The highest BCUT2D eigenvalue weighted by molar-refractivity contribution is 4.81. The lowest BCUT2D eigenvalue weighted by molar-refractivity contribution is 0.0745. The van der Waals surface area contributed by atoms with Gasteiger partial charge < -0.3 is 14.7 Å². The molecule has 0 radical (unpaired) electrons. The average molecular weight is 482 g/mol. The van der Waals surface area contributed by atoms with Gasteiger partial charge in [0.15, 0.2) is 0 Å². The maximum absolute atomic E-state index is 2.62. The molecule has 3 heteroatoms. The molecule has 206 valence electrons. The molecule has 0 spiro atoms. The van der Waals surface area contributed by atoms with Crippen molar-refractivity contribution in [3.63, 3.8) is 0 Å². The first kappa shape index (κ1) is 33.9. The minimum Gasteiger partial charge on any atom is -0.303 e. The lowest BCUT2D eigenvalue weighted by Crippen LogP contribution is -2.48. The molecule has 0 aromatic rings. The van der Waals surface area contributed by atoms with Crippen LogP contribution in [0.2, 0.25) is 0 Å². The summed E-state index contributed by atoms with van der Waals surface area (Å²) < 4.78 is 0. The van der Waals surface area contributed by atoms with E-state index >= 15 is 0 Å². The number of hydrogen-bond acceptors (Lipinski definition) is 3. The van der Waals surface area contributed by atoms with Gasteiger partial charge in [-0.05, 0) is 102 Å². The summed E-state index contributed by atoms with van der Waals surface area (Å²) in [4.78, 5) is 7.70. The van der Waals surface area contributed by atoms with Crippen LogP contribution in [0.15, 0.2) is 0 Å². The predicted octanol–water partition coefficient (Wildman–Crippen LogP) is 7.76. The quantitative estimate of drug-likeness (QED) is 0.384. The van der Waals surface area contributed by atoms with Crippen LogP contribution in [0.5, 0.6) is 0 Å². The minimum atomic E-state index is 0.742. The normalized spacial score (nSPS) is 24.5. The van der Waals surface area contributed by atoms with Gasteiger partial charge in [-0.15, -0.1) is 0 Å². The minimum absolute atomic E-state index is 0.742. The van der Waals surface area contributed by atoms with Crippen LogP contribution in [0, 0.1) is 35.5 Å². The Morgan fingerprint density at radius 3 is 1.29 bits per heavy atom. The Bertz CT molecular complexity index is 437. The van der Waals surface area contributed by atoms with Crippen LogP contribution < -0.4 is 0 Å². The van der Waals surface area contributed by atoms with Crippen molar-refractivity contribution >= 4 is 0 Å². The van der Waals surface area contributed by atoms with Gasteiger partial charge >= 0.3 is 0 Å². The van der Waals surface area contributed by atoms with E-state index in [-0.39, 0.29) is 0 Å². The van der Waals surface area contributed by atoms with Gasteiger partial charge in [-0.3, -0.25) is 0 Å². The van der Waals surface area contributed by atoms with Gasteiger partial charge in [0, 0.05) is 38.3 Å². The van der Waals surface area contributed by atoms with Gasteiger partial charge in [-0.25, -0.2) is 0 Å². The summed E-state index contributed by atoms with van der Waals surface area (Å²) in [5.74, 6) is 5.53. The Hall–Kier alpha value is -0.120. The first-order valence-electron chi connectivity index (χ1n) is 15.2. The van der Waals surface area contributed by atoms with Crippen molar-refractivity contribution in [2.45, 2.75) is 121 Å². The van der Waals surface area contributed by atoms with Gasteiger partial charge in [0.25, 0.3) is 0 Å². The summed E-state index contributed by atoms with van der Waals surface area (Å²) in [6.45, 7) is 38.7. The summed E-state index contributed by atoms with van der Waals surface area (Å²) in [6, 6.07) is 1.49. The van der Waals surface area contributed by atoms with Crippen molar-refractivity contribution in [3.05, 3.63) is 0 Å². The van der Waals surface area contributed by atoms with E-state index in [9.17, 15) is 0 Å². The molecule has 2 unspecified atom stereocenters. The summed E-state index contributed by atoms with van der Waals surface area (Å²) in [5.41, 5.74) is 0. The molecule has 0 aromatic heterocycles. The molecule has 3 aliphatic heterocycles. The molecular formula is C31H67N3. The lowest BCUT2D eigenvalue weighted by Gasteiger charge is -2.40. The third kappa shape index (κ3) is 12.7. The maximum Gasteiger partial charge on any atom is 0.00387 e. The second-order valence-corrected chi connectivity index (χ2v) is 12.5. The Morgan fingerprint density at radius 1 is 0.559 bits per heavy atom. The van der Waals surface area contributed by atoms with E-state index in [4.69, 9.17) is 0 Å². The predicted molar refractivity (Wildman–Crippen MR) is 156 cm³/mol. The molecule has 0 amide bonds. The van der Waals surface area contributed by atoms with E-state index < -0.39 is 0 Å². The summed E-state index contributed by atoms with van der Waals surface area (Å²) >= 11 is 0. The molecule has 0 saturated carbocycles. The zero-order valence-electron chi connectivity index (χ0n) is 26.0. The van der Waals surface area contributed by atoms with Gasteiger partial charge in [0.05, 0.1) is 0 Å². The Labute approximate surface area is 217 Å². The second kappa shape index (κ2) is 18.2. The van der Waals surface area contributed by atoms with Crippen molar-refractivity contribution in [2.75, 3.05) is 45.8 Å². The Morgan fingerprint density at radius 2 is 0.971 bits per heavy atom. The van der Waals surface area contributed by atoms with Crippen molar-refractivity contribution in [1.29, 1.82) is 0 Å². The monoisotopic (exact) mass is 482 g/mol. The molecule has 34 heavy (non-hydrogen) atoms. The molecule has 2 atom stereocenters. The van der Waals surface area contributed by atoms with E-state index in [1.807, 2.05) is 13.8 Å². The van der Waals surface area contributed by atoms with Crippen molar-refractivity contribution in [3.8, 4) is 0 Å². The van der Waals surface area contributed by atoms with E-state index in [2.05, 4.69) is 90.9 Å². The van der Waals surface area contributed by atoms with Crippen molar-refractivity contribution < 1.29 is 0 Å². The second-order valence-electron chi connectivity index (χ2n) is 12.5. The van der Waals surface area contributed by atoms with E-state index in [0.717, 1.165) is 47.6 Å². The highest BCUT2D eigenvalue weighted by atomic mass is 15.2. The highest BCUT2D eigenvalue weighted by Crippen LogP contribution is 2.25. The van der Waals surface area contributed by atoms with Gasteiger partial charge in [0.2, 0.25) is 0 Å². The summed E-state index contributed by atoms with van der Waals surface area (Å²) in [6.07, 6.45) is 4.26. The number of likely N-dealkylation sites (tertiary alicyclic amines) is 3. The molecule has 3 fully saturated rings. The van der Waals surface area contributed by atoms with Gasteiger partial charge in [0.1, 0.15) is 0 Å². The third-order valence-corrected chi connectivity index (χ3v) is 8.47. The van der Waals surface area contributed by atoms with Crippen LogP contribution in [0.1, 0.15) is 109 Å². The SMILES string of the molecule is CC.CC(C)C1CCCN(C(C)C)C1.CC(C)C1CCN(C(C)C)C1.CCN1CC(C(C)C)C1. The zero-order valence-corrected chi connectivity index (χ0v) is 26.0. The molecule has 0 N–H and O–H groups in total. The van der Waals surface area contributed by atoms with Crippen molar-refractivity contribution in [1.82, 2.24) is 14.7 Å². The van der Waals surface area contributed by atoms with Crippen LogP contribution in [-0.2, 0) is 0 Å². The summed E-state index contributed by atoms with van der Waals surface area (Å²) in [7, 11) is 0. The molecule has 0 aromatic carbocycles. The first-order chi connectivity index (χ1) is 16.0. The Balaban J connectivity index is 0.000000467. The number of rotatable bonds is 6. The molecule has 0 aliphatic carbocycles. The van der Waals surface area contributed by atoms with E-state index in [1.54, 1.807) is 0 Å². The molecule has 3 heterocycles. The molecule has 0 bridgehead atoms. The standard InChI is InChI=1S/C11H23N.C10H21N.C8H17N.C2H6/c1-9(2)11-6-5-7-12(8-11)10(3)4;1-8(2)10-5-6-11(7-10)9(3)4;1-4-9-5-8(6-9)7(2)3;1-2/h9-11H,5-8H2,1-4H3;8-10H,5-7H2,1-4H3;7-8H,4-6H2,1-3H3;1-2H3. The molecule has 3 nitrogen and oxygen atoms in total. The molecular weight excluding hydrogens is 414 g/mol. The van der Waals surface area contributed by atoms with Gasteiger partial charge in [-0.1, -0.05) is 62.3 Å². The smallest absolute Gasteiger partial charge is 0.00387 e. The first-order valence-corrected chi connectivity index (χ1v) is 15.2. The zero-order chi connectivity index (χ0) is 26.4. The van der Waals surface area contributed by atoms with Crippen LogP contribution in [0.25, 0.3) is 0 Å². The van der Waals surface area contributed by atoms with E-state index in [0.29, 0.717) is 0 Å². The van der Waals surface area contributed by atoms with Crippen molar-refractivity contribution in [2.24, 2.45) is 35.5 Å². The topological polar surface area (TPSA) is 9.72 Å². The number of piperidine rings is 1. The highest BCUT2D eigenvalue weighted by Gasteiger charge is 2.27. The average Bonchev–Trinajstić information content (AvgIpc) is 3.26. The van der Waals surface area contributed by atoms with Crippen LogP contribution >= 0.6 is 0 Å². The number of hydrogen-bond donors (Lipinski definition) is 0. The largest absolute Gasteiger partial charge is 0.303 e. The molecule has 3 aliphatic rings. The third-order valence-electron chi connectivity index (χ3n) is 8.47. The Kier molecular flexibility index (Phi) is 18.1. The molecule has 3 saturated heterocycles. The lowest BCUT2D eigenvalue weighted by atomic mass is 9.87. The fraction of sp³-hybridized carbons (Fsp3) is 1.00. The van der Waals surface area contributed by atoms with E-state index in [1.165, 1.54) is 65.1 Å². The molecule has 3 rings (SSSR count). The summed E-state index contributed by atoms with van der Waals surface area (Å²) in [5, 5.41) is 0. The fourth-order valence-corrected chi connectivity index (χ4v) is 5.17. The van der Waals surface area contributed by atoms with Crippen LogP contribution in [-0.4, -0.2) is 72.6 Å².